The van der Waals surface area contributed by atoms with E-state index < -0.39 is 22.5 Å². The van der Waals surface area contributed by atoms with Gasteiger partial charge >= 0.3 is 0 Å². The van der Waals surface area contributed by atoms with Crippen molar-refractivity contribution in [3.63, 3.8) is 0 Å². The molecular formula is C16H19F2N3O2S. The Balaban J connectivity index is 2.42. The Morgan fingerprint density at radius 2 is 2.12 bits per heavy atom. The zero-order valence-corrected chi connectivity index (χ0v) is 14.4. The van der Waals surface area contributed by atoms with Crippen LogP contribution in [0, 0.1) is 11.6 Å². The first-order valence-corrected chi connectivity index (χ1v) is 8.34. The van der Waals surface area contributed by atoms with Crippen LogP contribution in [0.3, 0.4) is 0 Å². The Morgan fingerprint density at radius 3 is 2.67 bits per heavy atom. The highest BCUT2D eigenvalue weighted by Gasteiger charge is 2.40. The topological polar surface area (TPSA) is 68.0 Å². The number of ketones is 1. The molecule has 0 amide bonds. The minimum atomic E-state index is -1.69. The van der Waals surface area contributed by atoms with E-state index >= 15 is 0 Å². The zero-order chi connectivity index (χ0) is 17.9. The Labute approximate surface area is 143 Å². The molecule has 1 aromatic heterocycles. The van der Waals surface area contributed by atoms with Crippen molar-refractivity contribution in [2.75, 3.05) is 0 Å². The van der Waals surface area contributed by atoms with Crippen LogP contribution in [0.15, 0.2) is 30.9 Å². The van der Waals surface area contributed by atoms with E-state index in [0.717, 1.165) is 12.1 Å². The summed E-state index contributed by atoms with van der Waals surface area (Å²) in [5.41, 5.74) is -1.74. The van der Waals surface area contributed by atoms with Gasteiger partial charge in [0.25, 0.3) is 0 Å². The minimum absolute atomic E-state index is 0.0462. The second-order valence-electron chi connectivity index (χ2n) is 5.67. The van der Waals surface area contributed by atoms with Gasteiger partial charge in [0.1, 0.15) is 35.7 Å². The maximum Gasteiger partial charge on any atom is 0.142 e. The third kappa shape index (κ3) is 3.99. The number of hydrogen-bond acceptors (Lipinski definition) is 5. The van der Waals surface area contributed by atoms with Gasteiger partial charge in [-0.3, -0.25) is 4.79 Å². The van der Waals surface area contributed by atoms with Crippen molar-refractivity contribution in [3.05, 3.63) is 48.1 Å². The lowest BCUT2D eigenvalue weighted by atomic mass is 9.90. The van der Waals surface area contributed by atoms with E-state index in [1.807, 2.05) is 0 Å². The number of carbonyl (C=O) groups excluding carboxylic acids is 1. The van der Waals surface area contributed by atoms with Crippen molar-refractivity contribution in [2.45, 2.75) is 43.4 Å². The number of aliphatic hydroxyl groups is 1. The lowest BCUT2D eigenvalue weighted by Crippen LogP contribution is -2.42. The van der Waals surface area contributed by atoms with Gasteiger partial charge in [0.15, 0.2) is 0 Å². The highest BCUT2D eigenvalue weighted by atomic mass is 32.2. The number of aromatic nitrogens is 3. The number of thioether (sulfide) groups is 1. The van der Waals surface area contributed by atoms with Gasteiger partial charge in [-0.1, -0.05) is 13.0 Å². The van der Waals surface area contributed by atoms with Crippen molar-refractivity contribution in [2.24, 2.45) is 0 Å². The predicted molar refractivity (Wildman–Crippen MR) is 87.5 cm³/mol. The first-order valence-electron chi connectivity index (χ1n) is 7.40. The van der Waals surface area contributed by atoms with Crippen LogP contribution in [0.1, 0.15) is 26.3 Å². The van der Waals surface area contributed by atoms with Gasteiger partial charge in [-0.05, 0) is 19.9 Å². The van der Waals surface area contributed by atoms with E-state index in [-0.39, 0.29) is 23.1 Å². The average molecular weight is 355 g/mol. The van der Waals surface area contributed by atoms with Crippen LogP contribution in [0.25, 0.3) is 0 Å². The first-order chi connectivity index (χ1) is 11.2. The molecule has 0 saturated carbocycles. The summed E-state index contributed by atoms with van der Waals surface area (Å²) >= 11 is 1.22. The molecule has 0 aliphatic carbocycles. The van der Waals surface area contributed by atoms with Gasteiger partial charge in [-0.2, -0.15) is 5.10 Å². The standard InChI is InChI=1S/C16H19F2N3O2S/c1-10(22)11(2)24-12(3)16(23,7-21-9-19-8-20-21)14-5-4-13(17)6-15(14)18/h4-6,8-9,11-12,23H,7H2,1-3H3/t11?,12-,16-/m1/s1. The van der Waals surface area contributed by atoms with Crippen LogP contribution in [-0.4, -0.2) is 36.2 Å². The van der Waals surface area contributed by atoms with Crippen molar-refractivity contribution >= 4 is 17.5 Å². The van der Waals surface area contributed by atoms with Gasteiger partial charge in [0, 0.05) is 16.9 Å². The minimum Gasteiger partial charge on any atom is -0.382 e. The zero-order valence-electron chi connectivity index (χ0n) is 13.6. The van der Waals surface area contributed by atoms with E-state index in [1.54, 1.807) is 13.8 Å². The molecule has 0 aliphatic heterocycles. The molecule has 1 heterocycles. The molecule has 1 aromatic carbocycles. The highest BCUT2D eigenvalue weighted by molar-refractivity contribution is 8.01. The molecule has 0 spiro atoms. The van der Waals surface area contributed by atoms with Crippen molar-refractivity contribution in [3.8, 4) is 0 Å². The summed E-state index contributed by atoms with van der Waals surface area (Å²) in [6.07, 6.45) is 2.70. The lowest BCUT2D eigenvalue weighted by molar-refractivity contribution is -0.116. The Bertz CT molecular complexity index is 711. The highest BCUT2D eigenvalue weighted by Crippen LogP contribution is 2.37. The Kier molecular flexibility index (Phi) is 5.71. The SMILES string of the molecule is CC(=O)C(C)S[C@H](C)[C@](O)(Cn1cncn1)c1ccc(F)cc1F. The normalized spacial score (nSPS) is 16.4. The molecule has 2 rings (SSSR count). The monoisotopic (exact) mass is 355 g/mol. The summed E-state index contributed by atoms with van der Waals surface area (Å²) in [6, 6.07) is 3.04. The maximum atomic E-state index is 14.3. The second-order valence-corrected chi connectivity index (χ2v) is 7.36. The van der Waals surface area contributed by atoms with Crippen molar-refractivity contribution < 1.29 is 18.7 Å². The lowest BCUT2D eigenvalue weighted by Gasteiger charge is -2.35. The van der Waals surface area contributed by atoms with Crippen molar-refractivity contribution in [1.82, 2.24) is 14.8 Å². The van der Waals surface area contributed by atoms with E-state index in [0.29, 0.717) is 0 Å². The molecule has 0 fully saturated rings. The predicted octanol–water partition coefficient (Wildman–Crippen LogP) is 2.54. The Morgan fingerprint density at radius 1 is 1.42 bits per heavy atom. The molecule has 1 unspecified atom stereocenters. The smallest absolute Gasteiger partial charge is 0.142 e. The first kappa shape index (κ1) is 18.5. The summed E-state index contributed by atoms with van der Waals surface area (Å²) in [7, 11) is 0. The van der Waals surface area contributed by atoms with E-state index in [2.05, 4.69) is 10.1 Å². The molecule has 24 heavy (non-hydrogen) atoms. The largest absolute Gasteiger partial charge is 0.382 e. The van der Waals surface area contributed by atoms with Gasteiger partial charge in [0.05, 0.1) is 11.8 Å². The fourth-order valence-electron chi connectivity index (χ4n) is 2.35. The van der Waals surface area contributed by atoms with E-state index in [9.17, 15) is 18.7 Å². The molecule has 8 heteroatoms. The van der Waals surface area contributed by atoms with Gasteiger partial charge in [-0.25, -0.2) is 18.4 Å². The summed E-state index contributed by atoms with van der Waals surface area (Å²) in [5.74, 6) is -1.62. The summed E-state index contributed by atoms with van der Waals surface area (Å²) < 4.78 is 28.9. The number of Topliss-reactive ketones (excluding diaryl/α,β-unsaturated/α-hetero) is 1. The van der Waals surface area contributed by atoms with Crippen LogP contribution < -0.4 is 0 Å². The van der Waals surface area contributed by atoms with Crippen LogP contribution in [0.5, 0.6) is 0 Å². The number of halogens is 2. The number of hydrogen-bond donors (Lipinski definition) is 1. The molecule has 0 aliphatic rings. The molecule has 0 radical (unpaired) electrons. The molecule has 2 aromatic rings. The molecule has 0 saturated heterocycles. The van der Waals surface area contributed by atoms with Crippen LogP contribution in [-0.2, 0) is 16.9 Å². The van der Waals surface area contributed by atoms with Crippen LogP contribution >= 0.6 is 11.8 Å². The van der Waals surface area contributed by atoms with E-state index in [1.165, 1.54) is 42.1 Å². The number of carbonyl (C=O) groups is 1. The second kappa shape index (κ2) is 7.40. The summed E-state index contributed by atoms with van der Waals surface area (Å²) in [5, 5.41) is 14.3. The fraction of sp³-hybridized carbons (Fsp3) is 0.438. The number of nitrogens with zero attached hydrogens (tertiary/aromatic N) is 3. The number of rotatable bonds is 7. The van der Waals surface area contributed by atoms with Gasteiger partial charge < -0.3 is 5.11 Å². The Hall–Kier alpha value is -1.80. The third-order valence-electron chi connectivity index (χ3n) is 3.92. The van der Waals surface area contributed by atoms with Gasteiger partial charge in [0.2, 0.25) is 0 Å². The quantitative estimate of drug-likeness (QED) is 0.827. The molecule has 1 N–H and O–H groups in total. The molecule has 130 valence electrons. The van der Waals surface area contributed by atoms with Crippen LogP contribution in [0.4, 0.5) is 8.78 Å². The van der Waals surface area contributed by atoms with Gasteiger partial charge in [-0.15, -0.1) is 11.8 Å². The molecule has 5 nitrogen and oxygen atoms in total. The molecule has 0 bridgehead atoms. The van der Waals surface area contributed by atoms with Crippen LogP contribution in [0.2, 0.25) is 0 Å². The van der Waals surface area contributed by atoms with E-state index in [4.69, 9.17) is 0 Å². The molecular weight excluding hydrogens is 336 g/mol. The summed E-state index contributed by atoms with van der Waals surface area (Å²) in [6.45, 7) is 4.80. The summed E-state index contributed by atoms with van der Waals surface area (Å²) in [4.78, 5) is 15.3. The maximum absolute atomic E-state index is 14.3. The average Bonchev–Trinajstić information content (AvgIpc) is 2.99. The van der Waals surface area contributed by atoms with Crippen molar-refractivity contribution in [1.29, 1.82) is 0 Å². The fourth-order valence-corrected chi connectivity index (χ4v) is 3.58. The molecule has 3 atom stereocenters. The number of benzene rings is 1. The third-order valence-corrected chi connectivity index (χ3v) is 5.46.